The molecule has 0 bridgehead atoms. The van der Waals surface area contributed by atoms with E-state index in [1.807, 2.05) is 40.0 Å². The van der Waals surface area contributed by atoms with E-state index >= 15 is 0 Å². The fraction of sp³-hybridized carbons (Fsp3) is 0.682. The van der Waals surface area contributed by atoms with Crippen molar-refractivity contribution in [1.82, 2.24) is 9.80 Å². The number of piperidine rings is 1. The van der Waals surface area contributed by atoms with Crippen LogP contribution in [0.25, 0.3) is 0 Å². The quantitative estimate of drug-likeness (QED) is 0.524. The number of carbonyl (C=O) groups excluding carboxylic acids is 1. The van der Waals surface area contributed by atoms with Crippen LogP contribution in [0.5, 0.6) is 11.5 Å². The van der Waals surface area contributed by atoms with Crippen LogP contribution >= 0.6 is 0 Å². The van der Waals surface area contributed by atoms with Gasteiger partial charge >= 0.3 is 6.09 Å². The molecule has 0 spiro atoms. The van der Waals surface area contributed by atoms with E-state index in [0.29, 0.717) is 24.0 Å². The van der Waals surface area contributed by atoms with Crippen molar-refractivity contribution in [2.75, 3.05) is 52.7 Å². The van der Waals surface area contributed by atoms with E-state index in [4.69, 9.17) is 19.9 Å². The van der Waals surface area contributed by atoms with Crippen molar-refractivity contribution in [3.63, 3.8) is 0 Å². The van der Waals surface area contributed by atoms with Gasteiger partial charge < -0.3 is 29.7 Å². The number of nitrogen functional groups attached to an aromatic ring is 1. The molecule has 0 radical (unpaired) electrons. The number of methoxy groups -OCH3 is 1. The Kier molecular flexibility index (Phi) is 8.44. The molecule has 0 saturated carbocycles. The van der Waals surface area contributed by atoms with E-state index in [-0.39, 0.29) is 6.09 Å². The largest absolute Gasteiger partial charge is 0.493 e. The fourth-order valence-corrected chi connectivity index (χ4v) is 3.47. The van der Waals surface area contributed by atoms with Gasteiger partial charge in [0.05, 0.1) is 13.7 Å². The van der Waals surface area contributed by atoms with Crippen LogP contribution in [0.3, 0.4) is 0 Å². The summed E-state index contributed by atoms with van der Waals surface area (Å²) >= 11 is 0. The van der Waals surface area contributed by atoms with Crippen LogP contribution < -0.4 is 15.2 Å². The summed E-state index contributed by atoms with van der Waals surface area (Å²) in [4.78, 5) is 16.3. The van der Waals surface area contributed by atoms with Crippen molar-refractivity contribution in [3.8, 4) is 11.5 Å². The molecule has 1 saturated heterocycles. The van der Waals surface area contributed by atoms with Crippen LogP contribution in [-0.4, -0.2) is 68.4 Å². The van der Waals surface area contributed by atoms with Crippen molar-refractivity contribution >= 4 is 11.8 Å². The summed E-state index contributed by atoms with van der Waals surface area (Å²) in [6.45, 7) is 10.2. The lowest BCUT2D eigenvalue weighted by atomic mass is 9.96. The van der Waals surface area contributed by atoms with Gasteiger partial charge in [0.1, 0.15) is 5.60 Å². The zero-order chi connectivity index (χ0) is 21.4. The van der Waals surface area contributed by atoms with Gasteiger partial charge in [-0.25, -0.2) is 4.79 Å². The van der Waals surface area contributed by atoms with Gasteiger partial charge in [-0.1, -0.05) is 0 Å². The highest BCUT2D eigenvalue weighted by atomic mass is 16.6. The second kappa shape index (κ2) is 10.6. The Morgan fingerprint density at radius 1 is 1.24 bits per heavy atom. The molecule has 2 rings (SSSR count). The first-order valence-electron chi connectivity index (χ1n) is 10.4. The SMILES string of the molecule is COc1cc(N)ccc1OCCCN1CCC(CN(C)C(=O)OC(C)(C)C)CC1. The first-order chi connectivity index (χ1) is 13.7. The number of amides is 1. The number of nitrogens with two attached hydrogens (primary N) is 1. The lowest BCUT2D eigenvalue weighted by molar-refractivity contribution is 0.0249. The molecule has 1 fully saturated rings. The zero-order valence-electron chi connectivity index (χ0n) is 18.6. The van der Waals surface area contributed by atoms with Gasteiger partial charge in [-0.15, -0.1) is 0 Å². The third kappa shape index (κ3) is 8.01. The van der Waals surface area contributed by atoms with Gasteiger partial charge in [0.15, 0.2) is 11.5 Å². The number of hydrogen-bond acceptors (Lipinski definition) is 6. The van der Waals surface area contributed by atoms with E-state index in [1.165, 1.54) is 0 Å². The zero-order valence-corrected chi connectivity index (χ0v) is 18.6. The Morgan fingerprint density at radius 2 is 1.93 bits per heavy atom. The average Bonchev–Trinajstić information content (AvgIpc) is 2.66. The second-order valence-electron chi connectivity index (χ2n) is 8.76. The van der Waals surface area contributed by atoms with E-state index < -0.39 is 5.60 Å². The molecule has 0 atom stereocenters. The number of anilines is 1. The molecule has 7 nitrogen and oxygen atoms in total. The molecule has 1 heterocycles. The number of likely N-dealkylation sites (tertiary alicyclic amines) is 1. The van der Waals surface area contributed by atoms with Gasteiger partial charge in [-0.3, -0.25) is 0 Å². The predicted octanol–water partition coefficient (Wildman–Crippen LogP) is 3.63. The molecule has 0 aliphatic carbocycles. The number of nitrogens with zero attached hydrogens (tertiary/aromatic N) is 2. The number of rotatable bonds is 8. The fourth-order valence-electron chi connectivity index (χ4n) is 3.47. The van der Waals surface area contributed by atoms with E-state index in [9.17, 15) is 4.79 Å². The number of hydrogen-bond donors (Lipinski definition) is 1. The summed E-state index contributed by atoms with van der Waals surface area (Å²) < 4.78 is 16.6. The van der Waals surface area contributed by atoms with Gasteiger partial charge in [0.25, 0.3) is 0 Å². The molecule has 0 aromatic heterocycles. The van der Waals surface area contributed by atoms with Crippen LogP contribution in [0.4, 0.5) is 10.5 Å². The number of benzene rings is 1. The van der Waals surface area contributed by atoms with Crippen LogP contribution in [0.1, 0.15) is 40.0 Å². The monoisotopic (exact) mass is 407 g/mol. The first kappa shape index (κ1) is 23.1. The Hall–Kier alpha value is -2.15. The summed E-state index contributed by atoms with van der Waals surface area (Å²) in [7, 11) is 3.44. The second-order valence-corrected chi connectivity index (χ2v) is 8.76. The molecule has 164 valence electrons. The third-order valence-corrected chi connectivity index (χ3v) is 5.01. The van der Waals surface area contributed by atoms with E-state index in [2.05, 4.69) is 4.90 Å². The summed E-state index contributed by atoms with van der Waals surface area (Å²) in [5.74, 6) is 1.92. The Bertz CT molecular complexity index is 652. The Balaban J connectivity index is 1.64. The van der Waals surface area contributed by atoms with E-state index in [1.54, 1.807) is 18.1 Å². The predicted molar refractivity (Wildman–Crippen MR) is 116 cm³/mol. The Morgan fingerprint density at radius 3 is 2.55 bits per heavy atom. The average molecular weight is 408 g/mol. The lowest BCUT2D eigenvalue weighted by Gasteiger charge is -2.34. The topological polar surface area (TPSA) is 77.3 Å². The van der Waals surface area contributed by atoms with Crippen molar-refractivity contribution in [2.24, 2.45) is 5.92 Å². The molecule has 1 aromatic rings. The normalized spacial score (nSPS) is 15.8. The molecule has 7 heteroatoms. The smallest absolute Gasteiger partial charge is 0.410 e. The highest BCUT2D eigenvalue weighted by Gasteiger charge is 2.24. The first-order valence-corrected chi connectivity index (χ1v) is 10.4. The van der Waals surface area contributed by atoms with Crippen LogP contribution in [0.15, 0.2) is 18.2 Å². The molecule has 2 N–H and O–H groups in total. The van der Waals surface area contributed by atoms with Crippen molar-refractivity contribution in [2.45, 2.75) is 45.6 Å². The van der Waals surface area contributed by atoms with Gasteiger partial charge in [0, 0.05) is 31.9 Å². The summed E-state index contributed by atoms with van der Waals surface area (Å²) in [6.07, 6.45) is 2.91. The van der Waals surface area contributed by atoms with Gasteiger partial charge in [0.2, 0.25) is 0 Å². The Labute approximate surface area is 175 Å². The third-order valence-electron chi connectivity index (χ3n) is 5.01. The molecule has 1 aliphatic rings. The summed E-state index contributed by atoms with van der Waals surface area (Å²) in [6, 6.07) is 5.44. The highest BCUT2D eigenvalue weighted by molar-refractivity contribution is 5.67. The maximum Gasteiger partial charge on any atom is 0.410 e. The van der Waals surface area contributed by atoms with E-state index in [0.717, 1.165) is 51.2 Å². The number of ether oxygens (including phenoxy) is 3. The van der Waals surface area contributed by atoms with Gasteiger partial charge in [-0.05, 0) is 71.2 Å². The molecule has 1 aromatic carbocycles. The van der Waals surface area contributed by atoms with Gasteiger partial charge in [-0.2, -0.15) is 0 Å². The minimum atomic E-state index is -0.451. The van der Waals surface area contributed by atoms with Crippen molar-refractivity contribution < 1.29 is 19.0 Å². The van der Waals surface area contributed by atoms with Crippen molar-refractivity contribution in [1.29, 1.82) is 0 Å². The standard InChI is InChI=1S/C22H37N3O4/c1-22(2,3)29-21(26)24(4)16-17-9-12-25(13-10-17)11-6-14-28-19-8-7-18(23)15-20(19)27-5/h7-8,15,17H,6,9-14,16,23H2,1-5H3. The van der Waals surface area contributed by atoms with Crippen molar-refractivity contribution in [3.05, 3.63) is 18.2 Å². The minimum absolute atomic E-state index is 0.241. The highest BCUT2D eigenvalue weighted by Crippen LogP contribution is 2.29. The molecule has 0 unspecified atom stereocenters. The molecule has 1 amide bonds. The maximum absolute atomic E-state index is 12.1. The summed E-state index contributed by atoms with van der Waals surface area (Å²) in [5.41, 5.74) is 5.98. The summed E-state index contributed by atoms with van der Waals surface area (Å²) in [5, 5.41) is 0. The molecule has 1 aliphatic heterocycles. The molecular formula is C22H37N3O4. The maximum atomic E-state index is 12.1. The van der Waals surface area contributed by atoms with Crippen LogP contribution in [0, 0.1) is 5.92 Å². The number of carbonyl (C=O) groups is 1. The van der Waals surface area contributed by atoms with Crippen LogP contribution in [0.2, 0.25) is 0 Å². The lowest BCUT2D eigenvalue weighted by Crippen LogP contribution is -2.41. The molecule has 29 heavy (non-hydrogen) atoms. The minimum Gasteiger partial charge on any atom is -0.493 e. The van der Waals surface area contributed by atoms with Crippen LogP contribution in [-0.2, 0) is 4.74 Å². The molecular weight excluding hydrogens is 370 g/mol.